The first-order valence-electron chi connectivity index (χ1n) is 11.2. The van der Waals surface area contributed by atoms with Crippen LogP contribution in [0.25, 0.3) is 21.9 Å². The van der Waals surface area contributed by atoms with Gasteiger partial charge in [-0.15, -0.1) is 0 Å². The number of aryl methyl sites for hydroxylation is 1. The minimum Gasteiger partial charge on any atom is -0.508 e. The molecule has 0 unspecified atom stereocenters. The Morgan fingerprint density at radius 1 is 1.00 bits per heavy atom. The average Bonchev–Trinajstić information content (AvgIpc) is 2.81. The van der Waals surface area contributed by atoms with E-state index in [-0.39, 0.29) is 11.7 Å². The second kappa shape index (κ2) is 9.86. The molecule has 3 aromatic carbocycles. The molecule has 1 fully saturated rings. The number of carbonyl (C=O) groups excluding carboxylic acids is 1. The topological polar surface area (TPSA) is 55.8 Å². The smallest absolute Gasteiger partial charge is 0.305 e. The number of aromatic hydroxyl groups is 1. The SMILES string of the molecule is COC(=O)CCc1cccc(-c2ccc3cc(O)ccc3c2)c1OCC1CCCCC1. The van der Waals surface area contributed by atoms with Crippen LogP contribution in [0.2, 0.25) is 0 Å². The average molecular weight is 419 g/mol. The first kappa shape index (κ1) is 21.2. The number of para-hydroxylation sites is 1. The summed E-state index contributed by atoms with van der Waals surface area (Å²) in [6.07, 6.45) is 7.24. The van der Waals surface area contributed by atoms with Gasteiger partial charge in [-0.2, -0.15) is 0 Å². The molecule has 31 heavy (non-hydrogen) atoms. The molecule has 162 valence electrons. The highest BCUT2D eigenvalue weighted by molar-refractivity contribution is 5.89. The minimum absolute atomic E-state index is 0.214. The lowest BCUT2D eigenvalue weighted by Gasteiger charge is -2.24. The lowest BCUT2D eigenvalue weighted by Crippen LogP contribution is -2.16. The highest BCUT2D eigenvalue weighted by Gasteiger charge is 2.18. The van der Waals surface area contributed by atoms with Crippen molar-refractivity contribution < 1.29 is 19.4 Å². The molecule has 1 N–H and O–H groups in total. The van der Waals surface area contributed by atoms with Crippen LogP contribution in [-0.4, -0.2) is 24.8 Å². The number of carbonyl (C=O) groups is 1. The summed E-state index contributed by atoms with van der Waals surface area (Å²) in [5.41, 5.74) is 3.13. The molecular weight excluding hydrogens is 388 g/mol. The fourth-order valence-corrected chi connectivity index (χ4v) is 4.47. The zero-order valence-corrected chi connectivity index (χ0v) is 18.1. The Balaban J connectivity index is 1.67. The second-order valence-corrected chi connectivity index (χ2v) is 8.43. The third-order valence-corrected chi connectivity index (χ3v) is 6.25. The molecule has 0 heterocycles. The van der Waals surface area contributed by atoms with E-state index in [1.54, 1.807) is 12.1 Å². The van der Waals surface area contributed by atoms with Crippen LogP contribution >= 0.6 is 0 Å². The van der Waals surface area contributed by atoms with E-state index in [1.165, 1.54) is 39.2 Å². The molecule has 0 atom stereocenters. The van der Waals surface area contributed by atoms with Crippen molar-refractivity contribution in [2.24, 2.45) is 5.92 Å². The van der Waals surface area contributed by atoms with E-state index in [4.69, 9.17) is 9.47 Å². The number of hydrogen-bond donors (Lipinski definition) is 1. The molecule has 3 aromatic rings. The van der Waals surface area contributed by atoms with Gasteiger partial charge < -0.3 is 14.6 Å². The number of methoxy groups -OCH3 is 1. The number of phenolic OH excluding ortho intramolecular Hbond substituents is 1. The van der Waals surface area contributed by atoms with Gasteiger partial charge in [0.2, 0.25) is 0 Å². The summed E-state index contributed by atoms with van der Waals surface area (Å²) in [7, 11) is 1.42. The molecule has 0 amide bonds. The van der Waals surface area contributed by atoms with Crippen molar-refractivity contribution in [2.45, 2.75) is 44.9 Å². The third kappa shape index (κ3) is 5.19. The molecule has 4 nitrogen and oxygen atoms in total. The highest BCUT2D eigenvalue weighted by atomic mass is 16.5. The summed E-state index contributed by atoms with van der Waals surface area (Å²) >= 11 is 0. The summed E-state index contributed by atoms with van der Waals surface area (Å²) in [4.78, 5) is 11.7. The van der Waals surface area contributed by atoms with Crippen molar-refractivity contribution in [3.05, 3.63) is 60.2 Å². The lowest BCUT2D eigenvalue weighted by atomic mass is 9.90. The summed E-state index contributed by atoms with van der Waals surface area (Å²) in [6.45, 7) is 0.712. The zero-order valence-electron chi connectivity index (χ0n) is 18.1. The highest BCUT2D eigenvalue weighted by Crippen LogP contribution is 2.37. The van der Waals surface area contributed by atoms with Gasteiger partial charge >= 0.3 is 5.97 Å². The molecule has 0 radical (unpaired) electrons. The molecule has 1 aliphatic rings. The van der Waals surface area contributed by atoms with Crippen LogP contribution < -0.4 is 4.74 Å². The number of phenols is 1. The number of esters is 1. The number of fused-ring (bicyclic) bond motifs is 1. The van der Waals surface area contributed by atoms with E-state index in [0.29, 0.717) is 25.4 Å². The van der Waals surface area contributed by atoms with Crippen molar-refractivity contribution in [1.82, 2.24) is 0 Å². The van der Waals surface area contributed by atoms with Crippen LogP contribution in [0.15, 0.2) is 54.6 Å². The van der Waals surface area contributed by atoms with Crippen LogP contribution in [-0.2, 0) is 16.0 Å². The summed E-state index contributed by atoms with van der Waals surface area (Å²) in [5, 5.41) is 11.8. The largest absolute Gasteiger partial charge is 0.508 e. The fourth-order valence-electron chi connectivity index (χ4n) is 4.47. The van der Waals surface area contributed by atoms with E-state index < -0.39 is 0 Å². The molecule has 0 saturated heterocycles. The molecule has 1 aliphatic carbocycles. The van der Waals surface area contributed by atoms with Gasteiger partial charge in [0, 0.05) is 12.0 Å². The van der Waals surface area contributed by atoms with Gasteiger partial charge in [0.15, 0.2) is 0 Å². The predicted octanol–water partition coefficient (Wildman–Crippen LogP) is 6.28. The van der Waals surface area contributed by atoms with Crippen molar-refractivity contribution in [1.29, 1.82) is 0 Å². The summed E-state index contributed by atoms with van der Waals surface area (Å²) in [6, 6.07) is 17.8. The molecule has 0 spiro atoms. The van der Waals surface area contributed by atoms with Gasteiger partial charge in [-0.1, -0.05) is 55.7 Å². The first-order chi connectivity index (χ1) is 15.1. The Morgan fingerprint density at radius 3 is 2.58 bits per heavy atom. The number of rotatable bonds is 7. The molecule has 0 bridgehead atoms. The van der Waals surface area contributed by atoms with Crippen LogP contribution in [0.1, 0.15) is 44.1 Å². The van der Waals surface area contributed by atoms with E-state index in [9.17, 15) is 9.90 Å². The Bertz CT molecular complexity index is 1050. The standard InChI is InChI=1S/C27H30O4/c1-30-26(29)15-13-20-8-5-9-25(27(20)31-18-19-6-3-2-4-7-19)23-11-10-22-17-24(28)14-12-21(22)16-23/h5,8-12,14,16-17,19,28H,2-4,6-7,13,15,18H2,1H3. The molecule has 0 aliphatic heterocycles. The van der Waals surface area contributed by atoms with Crippen LogP contribution in [0.3, 0.4) is 0 Å². The van der Waals surface area contributed by atoms with Gasteiger partial charge in [-0.25, -0.2) is 0 Å². The summed E-state index contributed by atoms with van der Waals surface area (Å²) < 4.78 is 11.3. The van der Waals surface area contributed by atoms with Gasteiger partial charge in [0.05, 0.1) is 13.7 Å². The van der Waals surface area contributed by atoms with Gasteiger partial charge in [0.25, 0.3) is 0 Å². The third-order valence-electron chi connectivity index (χ3n) is 6.25. The Kier molecular flexibility index (Phi) is 6.76. The monoisotopic (exact) mass is 418 g/mol. The maximum atomic E-state index is 11.7. The van der Waals surface area contributed by atoms with E-state index in [2.05, 4.69) is 18.2 Å². The normalized spacial score (nSPS) is 14.5. The molecule has 0 aromatic heterocycles. The van der Waals surface area contributed by atoms with Crippen molar-refractivity contribution in [3.8, 4) is 22.6 Å². The van der Waals surface area contributed by atoms with Crippen LogP contribution in [0.5, 0.6) is 11.5 Å². The Morgan fingerprint density at radius 2 is 1.77 bits per heavy atom. The van der Waals surface area contributed by atoms with E-state index in [0.717, 1.165) is 33.2 Å². The maximum absolute atomic E-state index is 11.7. The maximum Gasteiger partial charge on any atom is 0.305 e. The predicted molar refractivity (Wildman–Crippen MR) is 123 cm³/mol. The quantitative estimate of drug-likeness (QED) is 0.459. The fraction of sp³-hybridized carbons (Fsp3) is 0.370. The van der Waals surface area contributed by atoms with Gasteiger partial charge in [0.1, 0.15) is 11.5 Å². The first-order valence-corrected chi connectivity index (χ1v) is 11.2. The molecule has 1 saturated carbocycles. The molecular formula is C27H30O4. The molecule has 4 rings (SSSR count). The van der Waals surface area contributed by atoms with Crippen LogP contribution in [0, 0.1) is 5.92 Å². The Hall–Kier alpha value is -3.01. The minimum atomic E-state index is -0.214. The number of ether oxygens (including phenoxy) is 2. The van der Waals surface area contributed by atoms with Crippen molar-refractivity contribution in [3.63, 3.8) is 0 Å². The zero-order chi connectivity index (χ0) is 21.6. The van der Waals surface area contributed by atoms with Gasteiger partial charge in [-0.05, 0) is 65.3 Å². The number of benzene rings is 3. The van der Waals surface area contributed by atoms with E-state index in [1.807, 2.05) is 24.3 Å². The Labute approximate surface area is 183 Å². The second-order valence-electron chi connectivity index (χ2n) is 8.43. The van der Waals surface area contributed by atoms with Crippen molar-refractivity contribution in [2.75, 3.05) is 13.7 Å². The van der Waals surface area contributed by atoms with E-state index >= 15 is 0 Å². The van der Waals surface area contributed by atoms with Crippen molar-refractivity contribution >= 4 is 16.7 Å². The summed E-state index contributed by atoms with van der Waals surface area (Å²) in [5.74, 6) is 1.51. The lowest BCUT2D eigenvalue weighted by molar-refractivity contribution is -0.140. The van der Waals surface area contributed by atoms with Crippen LogP contribution in [0.4, 0.5) is 0 Å². The molecule has 4 heteroatoms. The van der Waals surface area contributed by atoms with Gasteiger partial charge in [-0.3, -0.25) is 4.79 Å². The number of hydrogen-bond acceptors (Lipinski definition) is 4.